The molecule has 1 aliphatic heterocycles. The molecule has 1 saturated heterocycles. The van der Waals surface area contributed by atoms with E-state index in [0.29, 0.717) is 11.8 Å². The Labute approximate surface area is 98.6 Å². The van der Waals surface area contributed by atoms with E-state index in [2.05, 4.69) is 33.4 Å². The molecule has 2 aliphatic carbocycles. The van der Waals surface area contributed by atoms with Gasteiger partial charge in [-0.1, -0.05) is 18.2 Å². The average Bonchev–Trinajstić information content (AvgIpc) is 2.57. The molecule has 2 bridgehead atoms. The highest BCUT2D eigenvalue weighted by atomic mass is 16.5. The zero-order valence-electron chi connectivity index (χ0n) is 10.7. The van der Waals surface area contributed by atoms with Gasteiger partial charge in [0.15, 0.2) is 0 Å². The molecule has 2 fully saturated rings. The molecule has 3 rings (SSSR count). The Balaban J connectivity index is 2.08. The van der Waals surface area contributed by atoms with E-state index in [1.54, 1.807) is 0 Å². The summed E-state index contributed by atoms with van der Waals surface area (Å²) in [5.74, 6) is 1.26. The van der Waals surface area contributed by atoms with E-state index >= 15 is 0 Å². The highest BCUT2D eigenvalue weighted by Gasteiger charge is 2.58. The molecular formula is C15H22O. The van der Waals surface area contributed by atoms with Crippen LogP contribution in [0.25, 0.3) is 0 Å². The lowest BCUT2D eigenvalue weighted by Gasteiger charge is -2.37. The third-order valence-corrected chi connectivity index (χ3v) is 5.17. The molecule has 1 saturated carbocycles. The van der Waals surface area contributed by atoms with Crippen molar-refractivity contribution in [3.63, 3.8) is 0 Å². The maximum absolute atomic E-state index is 6.52. The molecule has 1 nitrogen and oxygen atoms in total. The summed E-state index contributed by atoms with van der Waals surface area (Å²) < 4.78 is 6.52. The summed E-state index contributed by atoms with van der Waals surface area (Å²) in [5.41, 5.74) is 2.95. The molecule has 0 aromatic rings. The predicted octanol–water partition coefficient (Wildman–Crippen LogP) is 3.86. The van der Waals surface area contributed by atoms with Gasteiger partial charge in [0.2, 0.25) is 0 Å². The maximum Gasteiger partial charge on any atom is 0.0967 e. The Morgan fingerprint density at radius 1 is 1.44 bits per heavy atom. The number of hydrogen-bond acceptors (Lipinski definition) is 1. The lowest BCUT2D eigenvalue weighted by molar-refractivity contribution is -0.0945. The maximum atomic E-state index is 6.52. The van der Waals surface area contributed by atoms with Gasteiger partial charge in [0.1, 0.15) is 0 Å². The van der Waals surface area contributed by atoms with E-state index in [4.69, 9.17) is 4.74 Å². The molecule has 3 aliphatic rings. The second-order valence-corrected chi connectivity index (χ2v) is 6.37. The minimum absolute atomic E-state index is 0.0156. The summed E-state index contributed by atoms with van der Waals surface area (Å²) in [6.45, 7) is 11.1. The summed E-state index contributed by atoms with van der Waals surface area (Å²) in [6, 6.07) is 0. The van der Waals surface area contributed by atoms with Gasteiger partial charge in [-0.3, -0.25) is 0 Å². The Kier molecular flexibility index (Phi) is 1.99. The van der Waals surface area contributed by atoms with E-state index in [-0.39, 0.29) is 11.2 Å². The van der Waals surface area contributed by atoms with Gasteiger partial charge in [-0.05, 0) is 57.9 Å². The van der Waals surface area contributed by atoms with Gasteiger partial charge in [-0.15, -0.1) is 0 Å². The first kappa shape index (κ1) is 10.6. The summed E-state index contributed by atoms with van der Waals surface area (Å²) in [4.78, 5) is 0. The third-order valence-electron chi connectivity index (χ3n) is 5.17. The topological polar surface area (TPSA) is 9.23 Å². The standard InChI is InChI=1S/C15H22O/c1-10-5-7-12-9-15(16-14(12,3)4)11(2)6-8-13(10)15/h6,12-13H,1,5,7-9H2,2-4H3/t12-,13-,15+/m1/s1. The van der Waals surface area contributed by atoms with Crippen LogP contribution in [0.5, 0.6) is 0 Å². The van der Waals surface area contributed by atoms with E-state index in [9.17, 15) is 0 Å². The first-order chi connectivity index (χ1) is 7.46. The van der Waals surface area contributed by atoms with Crippen LogP contribution in [0.15, 0.2) is 23.8 Å². The Bertz CT molecular complexity index is 377. The molecule has 0 N–H and O–H groups in total. The highest BCUT2D eigenvalue weighted by molar-refractivity contribution is 5.34. The fourth-order valence-corrected chi connectivity index (χ4v) is 4.07. The van der Waals surface area contributed by atoms with Crippen molar-refractivity contribution in [3.8, 4) is 0 Å². The average molecular weight is 218 g/mol. The van der Waals surface area contributed by atoms with Crippen molar-refractivity contribution in [2.24, 2.45) is 11.8 Å². The molecule has 1 heterocycles. The van der Waals surface area contributed by atoms with Crippen LogP contribution < -0.4 is 0 Å². The zero-order valence-corrected chi connectivity index (χ0v) is 10.7. The van der Waals surface area contributed by atoms with Crippen molar-refractivity contribution < 1.29 is 4.74 Å². The van der Waals surface area contributed by atoms with Crippen LogP contribution in [0, 0.1) is 11.8 Å². The SMILES string of the molecule is C=C1CC[C@@H]2C[C@]3(OC2(C)C)C(C)=CC[C@H]13. The van der Waals surface area contributed by atoms with E-state index in [1.165, 1.54) is 30.4 Å². The van der Waals surface area contributed by atoms with Crippen molar-refractivity contribution >= 4 is 0 Å². The second-order valence-electron chi connectivity index (χ2n) is 6.37. The highest BCUT2D eigenvalue weighted by Crippen LogP contribution is 2.59. The van der Waals surface area contributed by atoms with Gasteiger partial charge in [-0.25, -0.2) is 0 Å². The Morgan fingerprint density at radius 3 is 2.94 bits per heavy atom. The van der Waals surface area contributed by atoms with Crippen LogP contribution in [-0.4, -0.2) is 11.2 Å². The summed E-state index contributed by atoms with van der Waals surface area (Å²) >= 11 is 0. The van der Waals surface area contributed by atoms with Gasteiger partial charge < -0.3 is 4.74 Å². The number of ether oxygens (including phenoxy) is 1. The molecule has 0 aromatic heterocycles. The van der Waals surface area contributed by atoms with Crippen LogP contribution in [-0.2, 0) is 4.74 Å². The largest absolute Gasteiger partial charge is 0.364 e. The Hall–Kier alpha value is -0.560. The molecule has 3 atom stereocenters. The zero-order chi connectivity index (χ0) is 11.6. The quantitative estimate of drug-likeness (QED) is 0.561. The van der Waals surface area contributed by atoms with Crippen molar-refractivity contribution in [1.82, 2.24) is 0 Å². The van der Waals surface area contributed by atoms with Crippen LogP contribution in [0.4, 0.5) is 0 Å². The van der Waals surface area contributed by atoms with Crippen molar-refractivity contribution in [3.05, 3.63) is 23.8 Å². The van der Waals surface area contributed by atoms with Crippen molar-refractivity contribution in [1.29, 1.82) is 0 Å². The molecule has 88 valence electrons. The molecule has 0 radical (unpaired) electrons. The number of hydrogen-bond donors (Lipinski definition) is 0. The Morgan fingerprint density at radius 2 is 2.19 bits per heavy atom. The van der Waals surface area contributed by atoms with Crippen LogP contribution in [0.3, 0.4) is 0 Å². The van der Waals surface area contributed by atoms with Gasteiger partial charge in [-0.2, -0.15) is 0 Å². The number of rotatable bonds is 0. The monoisotopic (exact) mass is 218 g/mol. The second kappa shape index (κ2) is 3.01. The van der Waals surface area contributed by atoms with Gasteiger partial charge in [0.05, 0.1) is 11.2 Å². The van der Waals surface area contributed by atoms with E-state index in [0.717, 1.165) is 6.42 Å². The first-order valence-electron chi connectivity index (χ1n) is 6.51. The van der Waals surface area contributed by atoms with Crippen molar-refractivity contribution in [2.75, 3.05) is 0 Å². The van der Waals surface area contributed by atoms with Crippen LogP contribution in [0.1, 0.15) is 46.5 Å². The van der Waals surface area contributed by atoms with Gasteiger partial charge >= 0.3 is 0 Å². The molecule has 0 aromatic carbocycles. The lowest BCUT2D eigenvalue weighted by Crippen LogP contribution is -2.39. The summed E-state index contributed by atoms with van der Waals surface area (Å²) in [6.07, 6.45) is 7.20. The molecule has 1 spiro atoms. The number of fused-ring (bicyclic) bond motifs is 1. The van der Waals surface area contributed by atoms with Crippen LogP contribution in [0.2, 0.25) is 0 Å². The molecule has 16 heavy (non-hydrogen) atoms. The van der Waals surface area contributed by atoms with Crippen LogP contribution >= 0.6 is 0 Å². The fraction of sp³-hybridized carbons (Fsp3) is 0.733. The molecule has 1 heteroatoms. The number of allylic oxidation sites excluding steroid dienone is 1. The lowest BCUT2D eigenvalue weighted by atomic mass is 9.79. The smallest absolute Gasteiger partial charge is 0.0967 e. The minimum Gasteiger partial charge on any atom is -0.364 e. The third kappa shape index (κ3) is 1.15. The summed E-state index contributed by atoms with van der Waals surface area (Å²) in [7, 11) is 0. The summed E-state index contributed by atoms with van der Waals surface area (Å²) in [5, 5.41) is 0. The van der Waals surface area contributed by atoms with E-state index in [1.807, 2.05) is 0 Å². The normalized spacial score (nSPS) is 45.2. The first-order valence-corrected chi connectivity index (χ1v) is 6.51. The fourth-order valence-electron chi connectivity index (χ4n) is 4.07. The predicted molar refractivity (Wildman–Crippen MR) is 66.2 cm³/mol. The minimum atomic E-state index is 0.0156. The van der Waals surface area contributed by atoms with Gasteiger partial charge in [0.25, 0.3) is 0 Å². The molecule has 0 unspecified atom stereocenters. The van der Waals surface area contributed by atoms with Crippen molar-refractivity contribution in [2.45, 2.75) is 57.7 Å². The van der Waals surface area contributed by atoms with E-state index < -0.39 is 0 Å². The molecular weight excluding hydrogens is 196 g/mol. The molecule has 0 amide bonds. The van der Waals surface area contributed by atoms with Gasteiger partial charge in [0, 0.05) is 5.92 Å².